The molecule has 1 aliphatic heterocycles. The quantitative estimate of drug-likeness (QED) is 0.251. The molecule has 0 bridgehead atoms. The second kappa shape index (κ2) is 12.3. The number of rotatable bonds is 8. The van der Waals surface area contributed by atoms with E-state index in [1.807, 2.05) is 104 Å². The molecule has 4 aromatic rings. The molecule has 0 spiro atoms. The van der Waals surface area contributed by atoms with Gasteiger partial charge in [-0.3, -0.25) is 4.79 Å². The molecule has 7 nitrogen and oxygen atoms in total. The molecule has 8 heteroatoms. The second-order valence-electron chi connectivity index (χ2n) is 9.92. The maximum absolute atomic E-state index is 13.9. The number of nitrogens with one attached hydrogen (secondary N) is 1. The van der Waals surface area contributed by atoms with Crippen molar-refractivity contribution in [3.05, 3.63) is 113 Å². The second-order valence-corrected chi connectivity index (χ2v) is 10.3. The zero-order valence-electron chi connectivity index (χ0n) is 22.7. The zero-order chi connectivity index (χ0) is 28.1. The highest BCUT2D eigenvalue weighted by Gasteiger charge is 2.33. The third kappa shape index (κ3) is 6.15. The Morgan fingerprint density at radius 1 is 0.975 bits per heavy atom. The van der Waals surface area contributed by atoms with Gasteiger partial charge in [0, 0.05) is 42.2 Å². The minimum Gasteiger partial charge on any atom is -0.457 e. The Bertz CT molecular complexity index is 1490. The van der Waals surface area contributed by atoms with Gasteiger partial charge in [-0.05, 0) is 73.0 Å². The van der Waals surface area contributed by atoms with E-state index in [1.165, 1.54) is 0 Å². The third-order valence-corrected chi connectivity index (χ3v) is 7.45. The molecule has 0 fully saturated rings. The van der Waals surface area contributed by atoms with Crippen molar-refractivity contribution < 1.29 is 14.3 Å². The molecule has 0 saturated heterocycles. The van der Waals surface area contributed by atoms with Gasteiger partial charge in [0.2, 0.25) is 5.91 Å². The number of amides is 3. The number of carbonyl (C=O) groups excluding carboxylic acids is 2. The average molecular weight is 557 g/mol. The van der Waals surface area contributed by atoms with Gasteiger partial charge >= 0.3 is 6.03 Å². The van der Waals surface area contributed by atoms with E-state index in [4.69, 9.17) is 16.3 Å². The number of para-hydroxylation sites is 1. The van der Waals surface area contributed by atoms with E-state index in [-0.39, 0.29) is 24.5 Å². The van der Waals surface area contributed by atoms with Crippen LogP contribution in [0.5, 0.6) is 11.5 Å². The van der Waals surface area contributed by atoms with Gasteiger partial charge in [0.05, 0.1) is 6.04 Å². The molecule has 1 aromatic heterocycles. The number of aromatic nitrogens is 1. The maximum Gasteiger partial charge on any atom is 0.322 e. The number of nitrogens with zero attached hydrogens (tertiary/aromatic N) is 3. The van der Waals surface area contributed by atoms with Gasteiger partial charge in [-0.2, -0.15) is 0 Å². The van der Waals surface area contributed by atoms with Gasteiger partial charge < -0.3 is 24.4 Å². The molecule has 0 radical (unpaired) electrons. The highest BCUT2D eigenvalue weighted by molar-refractivity contribution is 6.31. The largest absolute Gasteiger partial charge is 0.457 e. The first-order chi connectivity index (χ1) is 19.4. The van der Waals surface area contributed by atoms with Crippen molar-refractivity contribution in [2.45, 2.75) is 32.9 Å². The predicted octanol–water partition coefficient (Wildman–Crippen LogP) is 7.12. The van der Waals surface area contributed by atoms with Crippen LogP contribution in [0.3, 0.4) is 0 Å². The van der Waals surface area contributed by atoms with Gasteiger partial charge in [0.1, 0.15) is 18.0 Å². The van der Waals surface area contributed by atoms with E-state index in [1.54, 1.807) is 11.0 Å². The molecule has 1 atom stereocenters. The first-order valence-electron chi connectivity index (χ1n) is 13.5. The van der Waals surface area contributed by atoms with Crippen LogP contribution in [-0.4, -0.2) is 45.9 Å². The number of ether oxygens (including phenoxy) is 1. The number of halogens is 1. The van der Waals surface area contributed by atoms with Crippen molar-refractivity contribution in [3.63, 3.8) is 0 Å². The summed E-state index contributed by atoms with van der Waals surface area (Å²) in [4.78, 5) is 30.5. The molecular formula is C32H33ClN4O3. The van der Waals surface area contributed by atoms with Gasteiger partial charge in [0.15, 0.2) is 0 Å². The molecule has 2 heterocycles. The first kappa shape index (κ1) is 27.3. The molecule has 5 rings (SSSR count). The van der Waals surface area contributed by atoms with Crippen molar-refractivity contribution in [2.24, 2.45) is 0 Å². The summed E-state index contributed by atoms with van der Waals surface area (Å²) in [5, 5.41) is 3.48. The van der Waals surface area contributed by atoms with Crippen molar-refractivity contribution >= 4 is 29.2 Å². The fraction of sp³-hybridized carbons (Fsp3) is 0.250. The molecule has 0 saturated carbocycles. The summed E-state index contributed by atoms with van der Waals surface area (Å²) in [6, 6.07) is 26.3. The number of fused-ring (bicyclic) bond motifs is 1. The Labute approximate surface area is 239 Å². The van der Waals surface area contributed by atoms with E-state index in [9.17, 15) is 9.59 Å². The smallest absolute Gasteiger partial charge is 0.322 e. The summed E-state index contributed by atoms with van der Waals surface area (Å²) >= 11 is 6.25. The number of benzene rings is 3. The van der Waals surface area contributed by atoms with Crippen LogP contribution in [0.4, 0.5) is 10.5 Å². The Hall–Kier alpha value is -4.23. The zero-order valence-corrected chi connectivity index (χ0v) is 23.5. The van der Waals surface area contributed by atoms with Crippen LogP contribution < -0.4 is 10.1 Å². The Morgan fingerprint density at radius 3 is 2.55 bits per heavy atom. The minimum absolute atomic E-state index is 0.0311. The highest BCUT2D eigenvalue weighted by Crippen LogP contribution is 2.35. The molecule has 1 aliphatic rings. The predicted molar refractivity (Wildman–Crippen MR) is 158 cm³/mol. The lowest BCUT2D eigenvalue weighted by molar-refractivity contribution is -0.134. The van der Waals surface area contributed by atoms with E-state index >= 15 is 0 Å². The fourth-order valence-electron chi connectivity index (χ4n) is 5.03. The number of carbonyl (C=O) groups is 2. The fourth-order valence-corrected chi connectivity index (χ4v) is 5.21. The van der Waals surface area contributed by atoms with Crippen molar-refractivity contribution in [1.82, 2.24) is 14.4 Å². The number of hydrogen-bond donors (Lipinski definition) is 1. The molecule has 3 amide bonds. The lowest BCUT2D eigenvalue weighted by atomic mass is 9.99. The molecule has 1 unspecified atom stereocenters. The van der Waals surface area contributed by atoms with E-state index in [0.717, 1.165) is 29.0 Å². The number of anilines is 1. The van der Waals surface area contributed by atoms with E-state index in [2.05, 4.69) is 9.88 Å². The first-order valence-corrected chi connectivity index (χ1v) is 13.9. The van der Waals surface area contributed by atoms with Crippen LogP contribution >= 0.6 is 11.6 Å². The normalized spacial score (nSPS) is 14.4. The summed E-state index contributed by atoms with van der Waals surface area (Å²) in [5.74, 6) is 1.33. The summed E-state index contributed by atoms with van der Waals surface area (Å²) in [6.07, 6.45) is 2.76. The molecule has 0 aliphatic carbocycles. The summed E-state index contributed by atoms with van der Waals surface area (Å²) in [6.45, 7) is 5.53. The van der Waals surface area contributed by atoms with Crippen LogP contribution in [0, 0.1) is 6.92 Å². The van der Waals surface area contributed by atoms with Gasteiger partial charge in [-0.25, -0.2) is 4.79 Å². The van der Waals surface area contributed by atoms with Crippen LogP contribution in [0.1, 0.15) is 36.2 Å². The summed E-state index contributed by atoms with van der Waals surface area (Å²) in [7, 11) is 0. The standard InChI is InChI=1S/C32H33ClN4O3/c1-3-16-36(32(39)34-25-15-14-23(2)28(33)21-25)22-30(38)37-19-18-35-17-8-13-29(35)31(37)24-9-7-12-27(20-24)40-26-10-5-4-6-11-26/h4-15,17,20-21,31H,3,16,18-19,22H2,1-2H3,(H,34,39). The Balaban J connectivity index is 1.38. The van der Waals surface area contributed by atoms with Crippen molar-refractivity contribution in [1.29, 1.82) is 0 Å². The lowest BCUT2D eigenvalue weighted by Crippen LogP contribution is -2.48. The van der Waals surface area contributed by atoms with Gasteiger partial charge in [-0.1, -0.05) is 54.9 Å². The van der Waals surface area contributed by atoms with Gasteiger partial charge in [0.25, 0.3) is 0 Å². The van der Waals surface area contributed by atoms with Crippen LogP contribution in [0.2, 0.25) is 5.02 Å². The Kier molecular flexibility index (Phi) is 8.41. The lowest BCUT2D eigenvalue weighted by Gasteiger charge is -2.38. The maximum atomic E-state index is 13.9. The number of hydrogen-bond acceptors (Lipinski definition) is 3. The van der Waals surface area contributed by atoms with Gasteiger partial charge in [-0.15, -0.1) is 0 Å². The van der Waals surface area contributed by atoms with Crippen LogP contribution in [0.25, 0.3) is 0 Å². The van der Waals surface area contributed by atoms with E-state index in [0.29, 0.717) is 36.1 Å². The molecule has 206 valence electrons. The topological polar surface area (TPSA) is 66.8 Å². The molecule has 3 aromatic carbocycles. The van der Waals surface area contributed by atoms with Crippen molar-refractivity contribution in [3.8, 4) is 11.5 Å². The summed E-state index contributed by atoms with van der Waals surface area (Å²) < 4.78 is 8.27. The Morgan fingerprint density at radius 2 is 1.77 bits per heavy atom. The SMILES string of the molecule is CCCN(CC(=O)N1CCn2cccc2C1c1cccc(Oc2ccccc2)c1)C(=O)Nc1ccc(C)c(Cl)c1. The molecular weight excluding hydrogens is 524 g/mol. The summed E-state index contributed by atoms with van der Waals surface area (Å²) in [5.41, 5.74) is 3.50. The molecule has 1 N–H and O–H groups in total. The minimum atomic E-state index is -0.328. The highest BCUT2D eigenvalue weighted by atomic mass is 35.5. The third-order valence-electron chi connectivity index (χ3n) is 7.04. The van der Waals surface area contributed by atoms with E-state index < -0.39 is 0 Å². The van der Waals surface area contributed by atoms with Crippen LogP contribution in [0.15, 0.2) is 91.1 Å². The van der Waals surface area contributed by atoms with Crippen molar-refractivity contribution in [2.75, 3.05) is 25.0 Å². The number of aryl methyl sites for hydroxylation is 1. The molecule has 40 heavy (non-hydrogen) atoms. The monoisotopic (exact) mass is 556 g/mol. The van der Waals surface area contributed by atoms with Crippen LogP contribution in [-0.2, 0) is 11.3 Å². The average Bonchev–Trinajstić information content (AvgIpc) is 3.44. The number of urea groups is 1.